The van der Waals surface area contributed by atoms with E-state index in [1.54, 1.807) is 43.6 Å². The fourth-order valence-electron chi connectivity index (χ4n) is 2.15. The van der Waals surface area contributed by atoms with Gasteiger partial charge >= 0.3 is 0 Å². The third-order valence-corrected chi connectivity index (χ3v) is 3.25. The molecule has 0 aliphatic carbocycles. The first-order chi connectivity index (χ1) is 11.1. The summed E-state index contributed by atoms with van der Waals surface area (Å²) in [5.74, 6) is 1.54. The van der Waals surface area contributed by atoms with Crippen molar-refractivity contribution in [2.24, 2.45) is 0 Å². The second kappa shape index (κ2) is 6.48. The van der Waals surface area contributed by atoms with Gasteiger partial charge in [0.1, 0.15) is 23.3 Å². The number of halogens is 1. The topological polar surface area (TPSA) is 63.6 Å². The molecule has 116 valence electrons. The first-order valence-corrected chi connectivity index (χ1v) is 7.24. The SMILES string of the molecule is Cc1cnc(CNc2cc(-c3ccccc3F)nc(C)n2)nc1. The number of benzene rings is 1. The summed E-state index contributed by atoms with van der Waals surface area (Å²) >= 11 is 0. The van der Waals surface area contributed by atoms with Crippen molar-refractivity contribution in [1.82, 2.24) is 19.9 Å². The first-order valence-electron chi connectivity index (χ1n) is 7.24. The van der Waals surface area contributed by atoms with E-state index in [4.69, 9.17) is 0 Å². The number of hydrogen-bond donors (Lipinski definition) is 1. The number of hydrogen-bond acceptors (Lipinski definition) is 5. The minimum absolute atomic E-state index is 0.307. The van der Waals surface area contributed by atoms with E-state index in [0.717, 1.165) is 5.56 Å². The predicted molar refractivity (Wildman–Crippen MR) is 86.3 cm³/mol. The van der Waals surface area contributed by atoms with Gasteiger partial charge in [-0.05, 0) is 31.5 Å². The Balaban J connectivity index is 1.83. The van der Waals surface area contributed by atoms with Crippen molar-refractivity contribution in [2.75, 3.05) is 5.32 Å². The molecule has 1 N–H and O–H groups in total. The molecule has 23 heavy (non-hydrogen) atoms. The highest BCUT2D eigenvalue weighted by molar-refractivity contribution is 5.63. The molecule has 0 fully saturated rings. The van der Waals surface area contributed by atoms with E-state index in [1.807, 2.05) is 6.92 Å². The Morgan fingerprint density at radius 2 is 1.78 bits per heavy atom. The molecule has 5 nitrogen and oxygen atoms in total. The Hall–Kier alpha value is -2.89. The second-order valence-electron chi connectivity index (χ2n) is 5.20. The molecule has 1 aromatic carbocycles. The summed E-state index contributed by atoms with van der Waals surface area (Å²) in [5.41, 5.74) is 2.00. The number of rotatable bonds is 4. The van der Waals surface area contributed by atoms with Crippen molar-refractivity contribution >= 4 is 5.82 Å². The zero-order chi connectivity index (χ0) is 16.2. The van der Waals surface area contributed by atoms with E-state index >= 15 is 0 Å². The fourth-order valence-corrected chi connectivity index (χ4v) is 2.15. The van der Waals surface area contributed by atoms with Crippen molar-refractivity contribution < 1.29 is 4.39 Å². The Labute approximate surface area is 133 Å². The van der Waals surface area contributed by atoms with Crippen LogP contribution in [0, 0.1) is 19.7 Å². The molecule has 3 rings (SSSR count). The molecule has 0 aliphatic heterocycles. The molecule has 2 heterocycles. The van der Waals surface area contributed by atoms with Crippen LogP contribution in [0.1, 0.15) is 17.2 Å². The number of nitrogens with zero attached hydrogens (tertiary/aromatic N) is 4. The Morgan fingerprint density at radius 1 is 1.04 bits per heavy atom. The number of nitrogens with one attached hydrogen (secondary N) is 1. The van der Waals surface area contributed by atoms with Crippen molar-refractivity contribution in [3.63, 3.8) is 0 Å². The zero-order valence-electron chi connectivity index (χ0n) is 12.9. The van der Waals surface area contributed by atoms with Gasteiger partial charge in [0, 0.05) is 24.0 Å². The van der Waals surface area contributed by atoms with Crippen LogP contribution in [0.4, 0.5) is 10.2 Å². The third-order valence-electron chi connectivity index (χ3n) is 3.25. The summed E-state index contributed by atoms with van der Waals surface area (Å²) in [7, 11) is 0. The first kappa shape index (κ1) is 15.0. The van der Waals surface area contributed by atoms with E-state index in [-0.39, 0.29) is 5.82 Å². The lowest BCUT2D eigenvalue weighted by Gasteiger charge is -2.09. The summed E-state index contributed by atoms with van der Waals surface area (Å²) < 4.78 is 13.9. The summed E-state index contributed by atoms with van der Waals surface area (Å²) in [6, 6.07) is 8.27. The second-order valence-corrected chi connectivity index (χ2v) is 5.20. The lowest BCUT2D eigenvalue weighted by molar-refractivity contribution is 0.630. The van der Waals surface area contributed by atoms with Crippen LogP contribution in [0.3, 0.4) is 0 Å². The van der Waals surface area contributed by atoms with Crippen LogP contribution in [-0.2, 0) is 6.54 Å². The molecule has 3 aromatic rings. The van der Waals surface area contributed by atoms with Crippen molar-refractivity contribution in [3.8, 4) is 11.3 Å². The summed E-state index contributed by atoms with van der Waals surface area (Å²) in [6.45, 7) is 4.15. The minimum Gasteiger partial charge on any atom is -0.363 e. The van der Waals surface area contributed by atoms with E-state index in [2.05, 4.69) is 25.3 Å². The average Bonchev–Trinajstić information content (AvgIpc) is 2.54. The molecular weight excluding hydrogens is 293 g/mol. The maximum atomic E-state index is 13.9. The minimum atomic E-state index is -0.307. The summed E-state index contributed by atoms with van der Waals surface area (Å²) in [6.07, 6.45) is 3.53. The van der Waals surface area contributed by atoms with Gasteiger partial charge in [0.25, 0.3) is 0 Å². The van der Waals surface area contributed by atoms with E-state index < -0.39 is 0 Å². The van der Waals surface area contributed by atoms with E-state index in [9.17, 15) is 4.39 Å². The zero-order valence-corrected chi connectivity index (χ0v) is 12.9. The Kier molecular flexibility index (Phi) is 4.23. The molecule has 0 saturated heterocycles. The maximum absolute atomic E-state index is 13.9. The number of aryl methyl sites for hydroxylation is 2. The standard InChI is InChI=1S/C17H16FN5/c1-11-8-19-17(20-9-11)10-21-16-7-15(22-12(2)23-16)13-5-3-4-6-14(13)18/h3-9H,10H2,1-2H3,(H,21,22,23). The Bertz CT molecular complexity index is 817. The normalized spacial score (nSPS) is 10.6. The van der Waals surface area contributed by atoms with Crippen LogP contribution in [-0.4, -0.2) is 19.9 Å². The van der Waals surface area contributed by atoms with Crippen molar-refractivity contribution in [2.45, 2.75) is 20.4 Å². The van der Waals surface area contributed by atoms with Crippen LogP contribution in [0.25, 0.3) is 11.3 Å². The maximum Gasteiger partial charge on any atom is 0.147 e. The van der Waals surface area contributed by atoms with Crippen LogP contribution < -0.4 is 5.32 Å². The monoisotopic (exact) mass is 309 g/mol. The molecule has 0 saturated carbocycles. The van der Waals surface area contributed by atoms with E-state index in [0.29, 0.717) is 35.3 Å². The van der Waals surface area contributed by atoms with Crippen molar-refractivity contribution in [3.05, 3.63) is 65.8 Å². The van der Waals surface area contributed by atoms with Gasteiger partial charge in [-0.3, -0.25) is 0 Å². The van der Waals surface area contributed by atoms with Crippen LogP contribution in [0.15, 0.2) is 42.7 Å². The van der Waals surface area contributed by atoms with Gasteiger partial charge in [0.15, 0.2) is 0 Å². The van der Waals surface area contributed by atoms with Gasteiger partial charge < -0.3 is 5.32 Å². The lowest BCUT2D eigenvalue weighted by Crippen LogP contribution is -2.07. The predicted octanol–water partition coefficient (Wildman–Crippen LogP) is 3.30. The molecule has 0 radical (unpaired) electrons. The average molecular weight is 309 g/mol. The van der Waals surface area contributed by atoms with Gasteiger partial charge in [-0.15, -0.1) is 0 Å². The molecule has 0 atom stereocenters. The quantitative estimate of drug-likeness (QED) is 0.801. The van der Waals surface area contributed by atoms with Gasteiger partial charge in [0.2, 0.25) is 0 Å². The summed E-state index contributed by atoms with van der Waals surface area (Å²) in [4.78, 5) is 17.1. The number of anilines is 1. The van der Waals surface area contributed by atoms with Gasteiger partial charge in [-0.2, -0.15) is 0 Å². The molecule has 0 unspecified atom stereocenters. The third kappa shape index (κ3) is 3.66. The fraction of sp³-hybridized carbons (Fsp3) is 0.176. The van der Waals surface area contributed by atoms with Crippen molar-refractivity contribution in [1.29, 1.82) is 0 Å². The molecule has 6 heteroatoms. The molecule has 0 aliphatic rings. The largest absolute Gasteiger partial charge is 0.363 e. The molecule has 0 amide bonds. The van der Waals surface area contributed by atoms with Crippen LogP contribution in [0.2, 0.25) is 0 Å². The lowest BCUT2D eigenvalue weighted by atomic mass is 10.1. The highest BCUT2D eigenvalue weighted by Crippen LogP contribution is 2.22. The Morgan fingerprint density at radius 3 is 2.52 bits per heavy atom. The smallest absolute Gasteiger partial charge is 0.147 e. The van der Waals surface area contributed by atoms with Gasteiger partial charge in [-0.1, -0.05) is 12.1 Å². The molecule has 0 spiro atoms. The number of aromatic nitrogens is 4. The van der Waals surface area contributed by atoms with Gasteiger partial charge in [0.05, 0.1) is 12.2 Å². The highest BCUT2D eigenvalue weighted by Gasteiger charge is 2.09. The van der Waals surface area contributed by atoms with Crippen LogP contribution in [0.5, 0.6) is 0 Å². The molecular formula is C17H16FN5. The molecule has 0 bridgehead atoms. The van der Waals surface area contributed by atoms with E-state index in [1.165, 1.54) is 6.07 Å². The van der Waals surface area contributed by atoms with Crippen LogP contribution >= 0.6 is 0 Å². The molecule has 2 aromatic heterocycles. The van der Waals surface area contributed by atoms with Gasteiger partial charge in [-0.25, -0.2) is 24.3 Å². The highest BCUT2D eigenvalue weighted by atomic mass is 19.1. The summed E-state index contributed by atoms with van der Waals surface area (Å²) in [5, 5.41) is 3.15.